The summed E-state index contributed by atoms with van der Waals surface area (Å²) in [7, 11) is 0. The fourth-order valence-corrected chi connectivity index (χ4v) is 2.01. The van der Waals surface area contributed by atoms with Crippen molar-refractivity contribution in [2.75, 3.05) is 5.73 Å². The average Bonchev–Trinajstić information content (AvgIpc) is 2.20. The first-order chi connectivity index (χ1) is 7.58. The zero-order valence-electron chi connectivity index (χ0n) is 8.18. The molecule has 0 heterocycles. The second-order valence-corrected chi connectivity index (χ2v) is 4.24. The van der Waals surface area contributed by atoms with Gasteiger partial charge in [-0.25, -0.2) is 4.39 Å². The normalized spacial score (nSPS) is 10.4. The summed E-state index contributed by atoms with van der Waals surface area (Å²) in [6.07, 6.45) is 0. The molecule has 2 N–H and O–H groups in total. The van der Waals surface area contributed by atoms with Gasteiger partial charge in [0.05, 0.1) is 5.69 Å². The number of halogens is 3. The van der Waals surface area contributed by atoms with Crippen molar-refractivity contribution >= 4 is 28.9 Å². The Kier molecular flexibility index (Phi) is 3.03. The lowest BCUT2D eigenvalue weighted by Gasteiger charge is -2.06. The van der Waals surface area contributed by atoms with Gasteiger partial charge in [-0.1, -0.05) is 35.3 Å². The van der Waals surface area contributed by atoms with E-state index in [-0.39, 0.29) is 5.69 Å². The molecule has 0 aliphatic carbocycles. The Morgan fingerprint density at radius 2 is 1.62 bits per heavy atom. The van der Waals surface area contributed by atoms with Crippen molar-refractivity contribution in [3.8, 4) is 11.1 Å². The number of nitrogen functional groups attached to an aromatic ring is 1. The number of hydrogen-bond donors (Lipinski definition) is 1. The van der Waals surface area contributed by atoms with Gasteiger partial charge in [0, 0.05) is 15.6 Å². The number of hydrogen-bond acceptors (Lipinski definition) is 1. The van der Waals surface area contributed by atoms with Gasteiger partial charge in [-0.3, -0.25) is 0 Å². The molecule has 0 unspecified atom stereocenters. The molecule has 16 heavy (non-hydrogen) atoms. The van der Waals surface area contributed by atoms with Crippen LogP contribution < -0.4 is 5.73 Å². The van der Waals surface area contributed by atoms with E-state index in [1.165, 1.54) is 6.07 Å². The molecule has 0 spiro atoms. The predicted molar refractivity (Wildman–Crippen MR) is 66.3 cm³/mol. The van der Waals surface area contributed by atoms with Crippen molar-refractivity contribution < 1.29 is 4.39 Å². The fraction of sp³-hybridized carbons (Fsp3) is 0. The summed E-state index contributed by atoms with van der Waals surface area (Å²) in [5.41, 5.74) is 6.60. The molecule has 2 aromatic carbocycles. The molecule has 1 nitrogen and oxygen atoms in total. The van der Waals surface area contributed by atoms with Gasteiger partial charge in [0.2, 0.25) is 0 Å². The van der Waals surface area contributed by atoms with E-state index in [1.54, 1.807) is 30.3 Å². The number of benzene rings is 2. The largest absolute Gasteiger partial charge is 0.396 e. The smallest absolute Gasteiger partial charge is 0.153 e. The standard InChI is InChI=1S/C12H8Cl2FN/c13-8-4-7(5-9(14)6-8)10-2-1-3-11(16)12(10)15/h1-6H,16H2. The monoisotopic (exact) mass is 255 g/mol. The highest BCUT2D eigenvalue weighted by Gasteiger charge is 2.08. The van der Waals surface area contributed by atoms with Crippen molar-refractivity contribution in [3.05, 3.63) is 52.3 Å². The summed E-state index contributed by atoms with van der Waals surface area (Å²) < 4.78 is 13.7. The summed E-state index contributed by atoms with van der Waals surface area (Å²) in [6.45, 7) is 0. The van der Waals surface area contributed by atoms with E-state index in [0.29, 0.717) is 21.2 Å². The van der Waals surface area contributed by atoms with Crippen LogP contribution in [0.3, 0.4) is 0 Å². The van der Waals surface area contributed by atoms with Crippen LogP contribution in [0.5, 0.6) is 0 Å². The summed E-state index contributed by atoms with van der Waals surface area (Å²) >= 11 is 11.7. The van der Waals surface area contributed by atoms with E-state index in [2.05, 4.69) is 0 Å². The quantitative estimate of drug-likeness (QED) is 0.752. The third-order valence-corrected chi connectivity index (χ3v) is 2.64. The lowest BCUT2D eigenvalue weighted by Crippen LogP contribution is -1.93. The molecule has 2 rings (SSSR count). The molecule has 0 bridgehead atoms. The number of rotatable bonds is 1. The molecule has 0 atom stereocenters. The Bertz CT molecular complexity index is 520. The van der Waals surface area contributed by atoms with Gasteiger partial charge >= 0.3 is 0 Å². The minimum atomic E-state index is -0.458. The third-order valence-electron chi connectivity index (χ3n) is 2.20. The summed E-state index contributed by atoms with van der Waals surface area (Å²) in [6, 6.07) is 9.70. The highest BCUT2D eigenvalue weighted by atomic mass is 35.5. The molecule has 0 aliphatic rings. The first-order valence-corrected chi connectivity index (χ1v) is 5.34. The van der Waals surface area contributed by atoms with Gasteiger partial charge in [-0.15, -0.1) is 0 Å². The van der Waals surface area contributed by atoms with Crippen LogP contribution in [0.1, 0.15) is 0 Å². The Morgan fingerprint density at radius 3 is 2.25 bits per heavy atom. The minimum Gasteiger partial charge on any atom is -0.396 e. The van der Waals surface area contributed by atoms with Crippen LogP contribution in [0.4, 0.5) is 10.1 Å². The predicted octanol–water partition coefficient (Wildman–Crippen LogP) is 4.38. The molecule has 0 fully saturated rings. The van der Waals surface area contributed by atoms with E-state index in [4.69, 9.17) is 28.9 Å². The van der Waals surface area contributed by atoms with Crippen LogP contribution in [0.25, 0.3) is 11.1 Å². The first kappa shape index (κ1) is 11.2. The van der Waals surface area contributed by atoms with E-state index in [1.807, 2.05) is 0 Å². The van der Waals surface area contributed by atoms with Crippen molar-refractivity contribution in [2.45, 2.75) is 0 Å². The lowest BCUT2D eigenvalue weighted by molar-refractivity contribution is 0.636. The van der Waals surface area contributed by atoms with Crippen LogP contribution in [-0.4, -0.2) is 0 Å². The van der Waals surface area contributed by atoms with E-state index in [0.717, 1.165) is 0 Å². The molecule has 0 radical (unpaired) electrons. The van der Waals surface area contributed by atoms with Crippen LogP contribution in [0, 0.1) is 5.82 Å². The molecule has 0 aromatic heterocycles. The van der Waals surface area contributed by atoms with Gasteiger partial charge in [0.25, 0.3) is 0 Å². The average molecular weight is 256 g/mol. The zero-order chi connectivity index (χ0) is 11.7. The lowest BCUT2D eigenvalue weighted by atomic mass is 10.0. The maximum Gasteiger partial charge on any atom is 0.153 e. The van der Waals surface area contributed by atoms with E-state index >= 15 is 0 Å². The third kappa shape index (κ3) is 2.13. The zero-order valence-corrected chi connectivity index (χ0v) is 9.69. The topological polar surface area (TPSA) is 26.0 Å². The molecule has 4 heteroatoms. The molecule has 0 saturated carbocycles. The summed E-state index contributed by atoms with van der Waals surface area (Å²) in [5, 5.41) is 0.925. The second-order valence-electron chi connectivity index (χ2n) is 3.37. The highest BCUT2D eigenvalue weighted by molar-refractivity contribution is 6.35. The van der Waals surface area contributed by atoms with Gasteiger partial charge in [0.15, 0.2) is 5.82 Å². The summed E-state index contributed by atoms with van der Waals surface area (Å²) in [4.78, 5) is 0. The van der Waals surface area contributed by atoms with Gasteiger partial charge in [-0.2, -0.15) is 0 Å². The van der Waals surface area contributed by atoms with Crippen molar-refractivity contribution in [2.24, 2.45) is 0 Å². The fourth-order valence-electron chi connectivity index (χ4n) is 1.48. The van der Waals surface area contributed by atoms with Crippen LogP contribution in [0.15, 0.2) is 36.4 Å². The first-order valence-electron chi connectivity index (χ1n) is 4.58. The Morgan fingerprint density at radius 1 is 1.00 bits per heavy atom. The number of nitrogens with two attached hydrogens (primary N) is 1. The molecule has 0 aliphatic heterocycles. The maximum atomic E-state index is 13.7. The maximum absolute atomic E-state index is 13.7. The second kappa shape index (κ2) is 4.32. The molecular formula is C12H8Cl2FN. The highest BCUT2D eigenvalue weighted by Crippen LogP contribution is 2.30. The molecule has 0 saturated heterocycles. The molecular weight excluding hydrogens is 248 g/mol. The van der Waals surface area contributed by atoms with Crippen LogP contribution in [-0.2, 0) is 0 Å². The molecule has 82 valence electrons. The Balaban J connectivity index is 2.63. The molecule has 2 aromatic rings. The summed E-state index contributed by atoms with van der Waals surface area (Å²) in [5.74, 6) is -0.458. The van der Waals surface area contributed by atoms with Crippen LogP contribution >= 0.6 is 23.2 Å². The van der Waals surface area contributed by atoms with Gasteiger partial charge in [0.1, 0.15) is 0 Å². The van der Waals surface area contributed by atoms with Gasteiger partial charge < -0.3 is 5.73 Å². The van der Waals surface area contributed by atoms with Crippen LogP contribution in [0.2, 0.25) is 10.0 Å². The Hall–Kier alpha value is -1.25. The Labute approximate surface area is 103 Å². The van der Waals surface area contributed by atoms with Crippen molar-refractivity contribution in [1.82, 2.24) is 0 Å². The van der Waals surface area contributed by atoms with Crippen molar-refractivity contribution in [1.29, 1.82) is 0 Å². The minimum absolute atomic E-state index is 0.105. The number of anilines is 1. The van der Waals surface area contributed by atoms with E-state index in [9.17, 15) is 4.39 Å². The molecule has 0 amide bonds. The SMILES string of the molecule is Nc1cccc(-c2cc(Cl)cc(Cl)c2)c1F. The van der Waals surface area contributed by atoms with Crippen molar-refractivity contribution in [3.63, 3.8) is 0 Å². The van der Waals surface area contributed by atoms with Gasteiger partial charge in [-0.05, 0) is 29.8 Å². The van der Waals surface area contributed by atoms with E-state index < -0.39 is 5.82 Å².